The van der Waals surface area contributed by atoms with Crippen molar-refractivity contribution in [1.82, 2.24) is 20.7 Å². The van der Waals surface area contributed by atoms with Crippen molar-refractivity contribution in [3.8, 4) is 0 Å². The summed E-state index contributed by atoms with van der Waals surface area (Å²) in [6.07, 6.45) is 5.67. The molecule has 0 aromatic heterocycles. The van der Waals surface area contributed by atoms with Crippen LogP contribution in [0.3, 0.4) is 0 Å². The van der Waals surface area contributed by atoms with Crippen LogP contribution in [0.15, 0.2) is 60.9 Å². The van der Waals surface area contributed by atoms with Crippen molar-refractivity contribution in [2.45, 2.75) is 64.6 Å². The molecule has 33 heavy (non-hydrogen) atoms. The van der Waals surface area contributed by atoms with E-state index in [4.69, 9.17) is 0 Å². The highest BCUT2D eigenvalue weighted by molar-refractivity contribution is 5.85. The van der Waals surface area contributed by atoms with Crippen LogP contribution in [0.1, 0.15) is 67.8 Å². The first-order chi connectivity index (χ1) is 15.9. The van der Waals surface area contributed by atoms with Crippen LogP contribution in [-0.2, 0) is 22.6 Å². The van der Waals surface area contributed by atoms with Gasteiger partial charge in [0.25, 0.3) is 5.91 Å². The molecule has 0 radical (unpaired) electrons. The van der Waals surface area contributed by atoms with Gasteiger partial charge in [-0.25, -0.2) is 5.43 Å². The predicted molar refractivity (Wildman–Crippen MR) is 130 cm³/mol. The van der Waals surface area contributed by atoms with Gasteiger partial charge in [-0.2, -0.15) is 0 Å². The lowest BCUT2D eigenvalue weighted by Gasteiger charge is -2.31. The number of hydrogen-bond donors (Lipinski definition) is 2. The van der Waals surface area contributed by atoms with E-state index in [2.05, 4.69) is 67.9 Å². The van der Waals surface area contributed by atoms with Crippen LogP contribution in [0.2, 0.25) is 0 Å². The van der Waals surface area contributed by atoms with E-state index >= 15 is 0 Å². The van der Waals surface area contributed by atoms with E-state index in [1.54, 1.807) is 11.1 Å². The lowest BCUT2D eigenvalue weighted by molar-refractivity contribution is -0.134. The second kappa shape index (κ2) is 10.2. The Hall–Kier alpha value is -3.12. The smallest absolute Gasteiger partial charge is 0.250 e. The fraction of sp³-hybridized carbons (Fsp3) is 0.407. The quantitative estimate of drug-likeness (QED) is 0.643. The van der Waals surface area contributed by atoms with Crippen LogP contribution in [0.4, 0.5) is 0 Å². The van der Waals surface area contributed by atoms with E-state index in [9.17, 15) is 9.59 Å². The molecule has 4 rings (SSSR count). The van der Waals surface area contributed by atoms with Crippen molar-refractivity contribution in [3.05, 3.63) is 83.2 Å². The van der Waals surface area contributed by atoms with Crippen LogP contribution in [0.5, 0.6) is 0 Å². The maximum Gasteiger partial charge on any atom is 0.250 e. The molecule has 2 unspecified atom stereocenters. The van der Waals surface area contributed by atoms with Crippen molar-refractivity contribution in [2.75, 3.05) is 6.54 Å². The molecule has 0 aliphatic carbocycles. The number of carbonyl (C=O) groups excluding carboxylic acids is 2. The van der Waals surface area contributed by atoms with Gasteiger partial charge in [0.2, 0.25) is 5.91 Å². The van der Waals surface area contributed by atoms with E-state index in [-0.39, 0.29) is 30.3 Å². The van der Waals surface area contributed by atoms with Gasteiger partial charge in [-0.3, -0.25) is 9.59 Å². The summed E-state index contributed by atoms with van der Waals surface area (Å²) in [5.74, 6) is 0.485. The molecule has 2 aromatic carbocycles. The van der Waals surface area contributed by atoms with E-state index in [0.29, 0.717) is 25.4 Å². The summed E-state index contributed by atoms with van der Waals surface area (Å²) < 4.78 is 0. The molecule has 2 aliphatic heterocycles. The molecule has 0 saturated carbocycles. The van der Waals surface area contributed by atoms with Gasteiger partial charge in [0, 0.05) is 31.9 Å². The van der Waals surface area contributed by atoms with Gasteiger partial charge < -0.3 is 15.2 Å². The Morgan fingerprint density at radius 2 is 1.76 bits per heavy atom. The Bertz CT molecular complexity index is 998. The number of fused-ring (bicyclic) bond motifs is 1. The van der Waals surface area contributed by atoms with Crippen molar-refractivity contribution in [2.24, 2.45) is 0 Å². The second-order valence-electron chi connectivity index (χ2n) is 9.19. The molecule has 2 N–H and O–H groups in total. The summed E-state index contributed by atoms with van der Waals surface area (Å²) in [6, 6.07) is 16.8. The van der Waals surface area contributed by atoms with Gasteiger partial charge in [0.1, 0.15) is 6.04 Å². The average molecular weight is 447 g/mol. The summed E-state index contributed by atoms with van der Waals surface area (Å²) in [4.78, 5) is 27.0. The van der Waals surface area contributed by atoms with E-state index in [0.717, 1.165) is 12.0 Å². The number of amides is 2. The van der Waals surface area contributed by atoms with E-state index in [1.807, 2.05) is 23.3 Å². The fourth-order valence-electron chi connectivity index (χ4n) is 4.36. The zero-order valence-corrected chi connectivity index (χ0v) is 19.8. The molecular weight excluding hydrogens is 412 g/mol. The van der Waals surface area contributed by atoms with Crippen LogP contribution in [-0.4, -0.2) is 34.3 Å². The highest BCUT2D eigenvalue weighted by Gasteiger charge is 2.39. The first kappa shape index (κ1) is 23.1. The van der Waals surface area contributed by atoms with E-state index < -0.39 is 0 Å². The molecule has 2 amide bonds. The molecule has 2 heterocycles. The minimum Gasteiger partial charge on any atom is -0.352 e. The van der Waals surface area contributed by atoms with Crippen LogP contribution in [0, 0.1) is 0 Å². The Morgan fingerprint density at radius 3 is 2.42 bits per heavy atom. The molecule has 2 aromatic rings. The molecule has 0 bridgehead atoms. The lowest BCUT2D eigenvalue weighted by atomic mass is 9.97. The second-order valence-corrected chi connectivity index (χ2v) is 9.19. The minimum atomic E-state index is -0.245. The Balaban J connectivity index is 1.27. The third-order valence-electron chi connectivity index (χ3n) is 6.58. The van der Waals surface area contributed by atoms with Crippen molar-refractivity contribution in [1.29, 1.82) is 0 Å². The van der Waals surface area contributed by atoms with Crippen molar-refractivity contribution < 1.29 is 9.59 Å². The standard InChI is InChI=1S/C27H34N4O2/c1-4-20-5-7-21(8-6-20)18-28-26(32)13-14-30-15-16-31-25(27(30)33)17-24(29-31)23-11-9-22(10-12-23)19(2)3/h5-12,15-16,19,24-25,29H,4,13-14,17-18H2,1-3H3,(H,28,32). The molecular formula is C27H34N4O2. The van der Waals surface area contributed by atoms with Gasteiger partial charge in [-0.05, 0) is 41.0 Å². The minimum absolute atomic E-state index is 0.0363. The van der Waals surface area contributed by atoms with Gasteiger partial charge >= 0.3 is 0 Å². The van der Waals surface area contributed by atoms with Gasteiger partial charge in [0.15, 0.2) is 0 Å². The molecule has 2 atom stereocenters. The summed E-state index contributed by atoms with van der Waals surface area (Å²) >= 11 is 0. The Morgan fingerprint density at radius 1 is 1.06 bits per heavy atom. The van der Waals surface area contributed by atoms with Crippen molar-refractivity contribution in [3.63, 3.8) is 0 Å². The number of nitrogens with one attached hydrogen (secondary N) is 2. The van der Waals surface area contributed by atoms with Crippen LogP contribution >= 0.6 is 0 Å². The largest absolute Gasteiger partial charge is 0.352 e. The maximum absolute atomic E-state index is 13.0. The molecule has 0 spiro atoms. The zero-order valence-electron chi connectivity index (χ0n) is 19.8. The monoisotopic (exact) mass is 446 g/mol. The third kappa shape index (κ3) is 5.45. The number of benzene rings is 2. The fourth-order valence-corrected chi connectivity index (χ4v) is 4.36. The molecule has 1 saturated heterocycles. The van der Waals surface area contributed by atoms with E-state index in [1.165, 1.54) is 16.7 Å². The number of hydrogen-bond acceptors (Lipinski definition) is 4. The molecule has 6 heteroatoms. The van der Waals surface area contributed by atoms with Crippen molar-refractivity contribution >= 4 is 11.8 Å². The topological polar surface area (TPSA) is 64.7 Å². The Labute approximate surface area is 196 Å². The maximum atomic E-state index is 13.0. The lowest BCUT2D eigenvalue weighted by Crippen LogP contribution is -2.48. The molecule has 2 aliphatic rings. The zero-order chi connectivity index (χ0) is 23.4. The SMILES string of the molecule is CCc1ccc(CNC(=O)CCN2C=CN3NC(c4ccc(C(C)C)cc4)CC3C2=O)cc1. The Kier molecular flexibility index (Phi) is 7.14. The summed E-state index contributed by atoms with van der Waals surface area (Å²) in [6.45, 7) is 7.38. The number of aryl methyl sites for hydroxylation is 1. The summed E-state index contributed by atoms with van der Waals surface area (Å²) in [5, 5.41) is 4.86. The highest BCUT2D eigenvalue weighted by Crippen LogP contribution is 2.31. The summed E-state index contributed by atoms with van der Waals surface area (Å²) in [7, 11) is 0. The normalized spacial score (nSPS) is 19.8. The van der Waals surface area contributed by atoms with Gasteiger partial charge in [-0.1, -0.05) is 69.3 Å². The van der Waals surface area contributed by atoms with Gasteiger partial charge in [-0.15, -0.1) is 0 Å². The molecule has 6 nitrogen and oxygen atoms in total. The first-order valence-corrected chi connectivity index (χ1v) is 11.9. The van der Waals surface area contributed by atoms with Crippen LogP contribution in [0.25, 0.3) is 0 Å². The first-order valence-electron chi connectivity index (χ1n) is 11.9. The number of carbonyl (C=O) groups is 2. The highest BCUT2D eigenvalue weighted by atomic mass is 16.2. The number of nitrogens with zero attached hydrogens (tertiary/aromatic N) is 2. The third-order valence-corrected chi connectivity index (χ3v) is 6.58. The molecule has 174 valence electrons. The van der Waals surface area contributed by atoms with Gasteiger partial charge in [0.05, 0.1) is 6.04 Å². The average Bonchev–Trinajstić information content (AvgIpc) is 3.28. The summed E-state index contributed by atoms with van der Waals surface area (Å²) in [5.41, 5.74) is 8.30. The predicted octanol–water partition coefficient (Wildman–Crippen LogP) is 4.01. The molecule has 1 fully saturated rings. The van der Waals surface area contributed by atoms with Crippen LogP contribution < -0.4 is 10.7 Å². The number of hydrazine groups is 1. The number of rotatable bonds is 8.